The van der Waals surface area contributed by atoms with Crippen LogP contribution in [0, 0.1) is 5.92 Å². The van der Waals surface area contributed by atoms with Gasteiger partial charge in [0.05, 0.1) is 6.42 Å². The van der Waals surface area contributed by atoms with Crippen LogP contribution in [0.5, 0.6) is 0 Å². The molecule has 2 aliphatic rings. The van der Waals surface area contributed by atoms with Crippen molar-refractivity contribution >= 4 is 23.2 Å². The van der Waals surface area contributed by atoms with Gasteiger partial charge >= 0.3 is 0 Å². The third-order valence-electron chi connectivity index (χ3n) is 5.17. The van der Waals surface area contributed by atoms with E-state index in [0.717, 1.165) is 24.3 Å². The van der Waals surface area contributed by atoms with Crippen molar-refractivity contribution in [2.45, 2.75) is 45.1 Å². The third-order valence-corrected chi connectivity index (χ3v) is 6.05. The highest BCUT2D eigenvalue weighted by atomic mass is 32.1. The molecule has 0 aliphatic carbocycles. The largest absolute Gasteiger partial charge is 0.354 e. The van der Waals surface area contributed by atoms with Crippen LogP contribution in [0.2, 0.25) is 0 Å². The standard InChI is InChI=1S/C19H29N3O2S/c1-15(14-21-8-2-3-9-21)13-20-19(24)17-7-4-10-22(17)18(23)12-16-6-5-11-25-16/h5-6,11,15,17H,2-4,7-10,12-14H2,1H3,(H,20,24). The maximum Gasteiger partial charge on any atom is 0.242 e. The predicted octanol–water partition coefficient (Wildman–Crippen LogP) is 2.13. The number of nitrogens with one attached hydrogen (secondary N) is 1. The van der Waals surface area contributed by atoms with Gasteiger partial charge in [0.1, 0.15) is 6.04 Å². The topological polar surface area (TPSA) is 52.7 Å². The van der Waals surface area contributed by atoms with Crippen LogP contribution in [-0.4, -0.2) is 60.4 Å². The van der Waals surface area contributed by atoms with Crippen LogP contribution in [0.1, 0.15) is 37.5 Å². The van der Waals surface area contributed by atoms with Crippen molar-refractivity contribution in [1.29, 1.82) is 0 Å². The average molecular weight is 364 g/mol. The molecule has 138 valence electrons. The van der Waals surface area contributed by atoms with Gasteiger partial charge in [-0.25, -0.2) is 0 Å². The van der Waals surface area contributed by atoms with Gasteiger partial charge in [0, 0.05) is 24.5 Å². The number of hydrogen-bond donors (Lipinski definition) is 1. The van der Waals surface area contributed by atoms with Crippen LogP contribution < -0.4 is 5.32 Å². The Bertz CT molecular complexity index is 569. The number of hydrogen-bond acceptors (Lipinski definition) is 4. The van der Waals surface area contributed by atoms with E-state index >= 15 is 0 Å². The van der Waals surface area contributed by atoms with E-state index < -0.39 is 0 Å². The fraction of sp³-hybridized carbons (Fsp3) is 0.684. The van der Waals surface area contributed by atoms with Crippen molar-refractivity contribution in [3.05, 3.63) is 22.4 Å². The minimum atomic E-state index is -0.286. The summed E-state index contributed by atoms with van der Waals surface area (Å²) >= 11 is 1.60. The highest BCUT2D eigenvalue weighted by Gasteiger charge is 2.34. The van der Waals surface area contributed by atoms with E-state index in [1.54, 1.807) is 16.2 Å². The van der Waals surface area contributed by atoms with Crippen LogP contribution in [0.15, 0.2) is 17.5 Å². The Balaban J connectivity index is 1.45. The number of nitrogens with zero attached hydrogens (tertiary/aromatic N) is 2. The van der Waals surface area contributed by atoms with Crippen molar-refractivity contribution in [2.75, 3.05) is 32.7 Å². The van der Waals surface area contributed by atoms with Gasteiger partial charge in [0.15, 0.2) is 0 Å². The second-order valence-electron chi connectivity index (χ2n) is 7.36. The molecule has 1 N–H and O–H groups in total. The molecule has 25 heavy (non-hydrogen) atoms. The Morgan fingerprint density at radius 2 is 2.08 bits per heavy atom. The molecule has 2 atom stereocenters. The molecular weight excluding hydrogens is 334 g/mol. The second-order valence-corrected chi connectivity index (χ2v) is 8.39. The molecule has 6 heteroatoms. The smallest absolute Gasteiger partial charge is 0.242 e. The van der Waals surface area contributed by atoms with Crippen LogP contribution >= 0.6 is 11.3 Å². The van der Waals surface area contributed by atoms with E-state index in [1.165, 1.54) is 25.9 Å². The third kappa shape index (κ3) is 5.05. The summed E-state index contributed by atoms with van der Waals surface area (Å²) in [7, 11) is 0. The van der Waals surface area contributed by atoms with Crippen LogP contribution in [0.4, 0.5) is 0 Å². The molecule has 1 aromatic heterocycles. The lowest BCUT2D eigenvalue weighted by Crippen LogP contribution is -2.47. The zero-order valence-electron chi connectivity index (χ0n) is 15.1. The molecule has 0 aromatic carbocycles. The molecule has 2 fully saturated rings. The molecule has 2 amide bonds. The van der Waals surface area contributed by atoms with Crippen molar-refractivity contribution < 1.29 is 9.59 Å². The molecule has 2 aliphatic heterocycles. The Hall–Kier alpha value is -1.40. The molecule has 1 aromatic rings. The lowest BCUT2D eigenvalue weighted by Gasteiger charge is -2.25. The fourth-order valence-corrected chi connectivity index (χ4v) is 4.56. The average Bonchev–Trinajstić information content (AvgIpc) is 3.34. The van der Waals surface area contributed by atoms with Gasteiger partial charge in [0.25, 0.3) is 0 Å². The van der Waals surface area contributed by atoms with E-state index in [0.29, 0.717) is 25.4 Å². The Morgan fingerprint density at radius 3 is 2.80 bits per heavy atom. The number of likely N-dealkylation sites (tertiary alicyclic amines) is 2. The number of thiophene rings is 1. The summed E-state index contributed by atoms with van der Waals surface area (Å²) in [4.78, 5) is 30.4. The SMILES string of the molecule is CC(CNC(=O)C1CCCN1C(=O)Cc1cccs1)CN1CCCC1. The maximum absolute atomic E-state index is 12.6. The Morgan fingerprint density at radius 1 is 1.28 bits per heavy atom. The first-order valence-electron chi connectivity index (χ1n) is 9.45. The van der Waals surface area contributed by atoms with Crippen molar-refractivity contribution in [3.8, 4) is 0 Å². The zero-order chi connectivity index (χ0) is 17.6. The van der Waals surface area contributed by atoms with Crippen molar-refractivity contribution in [3.63, 3.8) is 0 Å². The van der Waals surface area contributed by atoms with E-state index in [2.05, 4.69) is 17.1 Å². The molecule has 2 unspecified atom stereocenters. The first-order valence-corrected chi connectivity index (χ1v) is 10.3. The van der Waals surface area contributed by atoms with E-state index in [4.69, 9.17) is 0 Å². The minimum absolute atomic E-state index is 0.0188. The summed E-state index contributed by atoms with van der Waals surface area (Å²) in [5, 5.41) is 5.07. The monoisotopic (exact) mass is 363 g/mol. The number of amides is 2. The molecule has 0 spiro atoms. The van der Waals surface area contributed by atoms with Crippen LogP contribution in [-0.2, 0) is 16.0 Å². The lowest BCUT2D eigenvalue weighted by atomic mass is 10.1. The zero-order valence-corrected chi connectivity index (χ0v) is 15.9. The molecule has 5 nitrogen and oxygen atoms in total. The fourth-order valence-electron chi connectivity index (χ4n) is 3.86. The van der Waals surface area contributed by atoms with Gasteiger partial charge in [-0.1, -0.05) is 13.0 Å². The summed E-state index contributed by atoms with van der Waals surface area (Å²) in [5.74, 6) is 0.536. The summed E-state index contributed by atoms with van der Waals surface area (Å²) in [6.45, 7) is 7.00. The Kier molecular flexibility index (Phi) is 6.48. The second kappa shape index (κ2) is 8.81. The molecule has 3 rings (SSSR count). The summed E-state index contributed by atoms with van der Waals surface area (Å²) in [6.07, 6.45) is 4.69. The van der Waals surface area contributed by atoms with E-state index in [9.17, 15) is 9.59 Å². The van der Waals surface area contributed by atoms with Crippen LogP contribution in [0.3, 0.4) is 0 Å². The molecule has 2 saturated heterocycles. The van der Waals surface area contributed by atoms with Crippen molar-refractivity contribution in [1.82, 2.24) is 15.1 Å². The van der Waals surface area contributed by atoms with Crippen molar-refractivity contribution in [2.24, 2.45) is 5.92 Å². The molecule has 0 radical (unpaired) electrons. The van der Waals surface area contributed by atoms with Gasteiger partial charge in [-0.15, -0.1) is 11.3 Å². The predicted molar refractivity (Wildman–Crippen MR) is 101 cm³/mol. The van der Waals surface area contributed by atoms with Gasteiger partial charge in [0.2, 0.25) is 11.8 Å². The first-order chi connectivity index (χ1) is 12.1. The van der Waals surface area contributed by atoms with Gasteiger partial charge < -0.3 is 15.1 Å². The Labute approximate surface area is 154 Å². The molecule has 0 bridgehead atoms. The highest BCUT2D eigenvalue weighted by Crippen LogP contribution is 2.20. The van der Waals surface area contributed by atoms with E-state index in [1.807, 2.05) is 17.5 Å². The number of rotatable bonds is 7. The van der Waals surface area contributed by atoms with Gasteiger partial charge in [-0.2, -0.15) is 0 Å². The lowest BCUT2D eigenvalue weighted by molar-refractivity contribution is -0.138. The summed E-state index contributed by atoms with van der Waals surface area (Å²) in [6, 6.07) is 3.66. The first kappa shape index (κ1) is 18.4. The highest BCUT2D eigenvalue weighted by molar-refractivity contribution is 7.10. The summed E-state index contributed by atoms with van der Waals surface area (Å²) < 4.78 is 0. The van der Waals surface area contributed by atoms with Gasteiger partial charge in [-0.05, 0) is 56.1 Å². The summed E-state index contributed by atoms with van der Waals surface area (Å²) in [5.41, 5.74) is 0. The molecule has 3 heterocycles. The quantitative estimate of drug-likeness (QED) is 0.807. The minimum Gasteiger partial charge on any atom is -0.354 e. The van der Waals surface area contributed by atoms with Crippen LogP contribution in [0.25, 0.3) is 0 Å². The normalized spacial score (nSPS) is 22.3. The van der Waals surface area contributed by atoms with Gasteiger partial charge in [-0.3, -0.25) is 9.59 Å². The number of carbonyl (C=O) groups is 2. The number of carbonyl (C=O) groups excluding carboxylic acids is 2. The maximum atomic E-state index is 12.6. The van der Waals surface area contributed by atoms with E-state index in [-0.39, 0.29) is 17.9 Å². The molecular formula is C19H29N3O2S. The molecule has 0 saturated carbocycles.